The highest BCUT2D eigenvalue weighted by Crippen LogP contribution is 2.26. The zero-order valence-electron chi connectivity index (χ0n) is 13.9. The smallest absolute Gasteiger partial charge is 0.255 e. The van der Waals surface area contributed by atoms with E-state index in [0.29, 0.717) is 23.7 Å². The summed E-state index contributed by atoms with van der Waals surface area (Å²) in [6.45, 7) is 6.97. The van der Waals surface area contributed by atoms with Crippen LogP contribution >= 0.6 is 23.2 Å². The summed E-state index contributed by atoms with van der Waals surface area (Å²) in [5, 5.41) is 1.26. The Labute approximate surface area is 152 Å². The molecule has 0 N–H and O–H groups in total. The number of carbonyl (C=O) groups excluding carboxylic acids is 1. The van der Waals surface area contributed by atoms with Crippen molar-refractivity contribution >= 4 is 34.8 Å². The van der Waals surface area contributed by atoms with Gasteiger partial charge >= 0.3 is 0 Å². The van der Waals surface area contributed by atoms with Gasteiger partial charge in [0.05, 0.1) is 10.6 Å². The number of hydrogen-bond donors (Lipinski definition) is 0. The van der Waals surface area contributed by atoms with Crippen molar-refractivity contribution in [1.29, 1.82) is 0 Å². The number of carbonyl (C=O) groups is 1. The second kappa shape index (κ2) is 7.04. The van der Waals surface area contributed by atoms with E-state index in [1.54, 1.807) is 0 Å². The minimum atomic E-state index is 0.00228. The Balaban J connectivity index is 1.70. The third-order valence-electron chi connectivity index (χ3n) is 4.43. The number of anilines is 1. The normalized spacial score (nSPS) is 14.8. The molecule has 0 aromatic heterocycles. The van der Waals surface area contributed by atoms with Gasteiger partial charge < -0.3 is 9.80 Å². The molecule has 0 radical (unpaired) electrons. The van der Waals surface area contributed by atoms with Crippen molar-refractivity contribution in [2.45, 2.75) is 13.8 Å². The lowest BCUT2D eigenvalue weighted by Crippen LogP contribution is -2.49. The monoisotopic (exact) mass is 362 g/mol. The molecule has 1 aliphatic heterocycles. The molecule has 0 aliphatic carbocycles. The van der Waals surface area contributed by atoms with E-state index in [4.69, 9.17) is 23.2 Å². The van der Waals surface area contributed by atoms with Gasteiger partial charge in [-0.3, -0.25) is 4.79 Å². The minimum absolute atomic E-state index is 0.00228. The van der Waals surface area contributed by atoms with Gasteiger partial charge in [-0.15, -0.1) is 0 Å². The van der Waals surface area contributed by atoms with Gasteiger partial charge in [-0.25, -0.2) is 0 Å². The Kier molecular flexibility index (Phi) is 5.02. The molecule has 1 fully saturated rings. The van der Waals surface area contributed by atoms with Crippen molar-refractivity contribution < 1.29 is 4.79 Å². The second-order valence-corrected chi connectivity index (χ2v) is 7.04. The average molecular weight is 363 g/mol. The van der Waals surface area contributed by atoms with E-state index >= 15 is 0 Å². The number of hydrogen-bond acceptors (Lipinski definition) is 2. The second-order valence-electron chi connectivity index (χ2n) is 6.19. The maximum atomic E-state index is 12.7. The summed E-state index contributed by atoms with van der Waals surface area (Å²) in [5.74, 6) is 0.00228. The van der Waals surface area contributed by atoms with Crippen LogP contribution in [-0.4, -0.2) is 37.0 Å². The van der Waals surface area contributed by atoms with Crippen LogP contribution in [0.5, 0.6) is 0 Å². The third-order valence-corrected chi connectivity index (χ3v) is 4.98. The Morgan fingerprint density at radius 1 is 0.958 bits per heavy atom. The largest absolute Gasteiger partial charge is 0.368 e. The minimum Gasteiger partial charge on any atom is -0.368 e. The summed E-state index contributed by atoms with van der Waals surface area (Å²) in [7, 11) is 0. The molecular formula is C19H20Cl2N2O. The highest BCUT2D eigenvalue weighted by Gasteiger charge is 2.24. The molecule has 1 saturated heterocycles. The lowest BCUT2D eigenvalue weighted by molar-refractivity contribution is 0.0747. The Bertz CT molecular complexity index is 768. The van der Waals surface area contributed by atoms with Crippen LogP contribution in [0.25, 0.3) is 0 Å². The molecule has 0 bridgehead atoms. The Morgan fingerprint density at radius 2 is 1.67 bits per heavy atom. The topological polar surface area (TPSA) is 23.6 Å². The molecule has 0 atom stereocenters. The molecule has 3 nitrogen and oxygen atoms in total. The van der Waals surface area contributed by atoms with Crippen LogP contribution in [0.2, 0.25) is 10.0 Å². The van der Waals surface area contributed by atoms with E-state index in [0.717, 1.165) is 29.4 Å². The lowest BCUT2D eigenvalue weighted by atomic mass is 10.1. The highest BCUT2D eigenvalue weighted by molar-refractivity contribution is 6.33. The first kappa shape index (κ1) is 17.1. The molecular weight excluding hydrogens is 343 g/mol. The Hall–Kier alpha value is -1.71. The summed E-state index contributed by atoms with van der Waals surface area (Å²) >= 11 is 12.4. The predicted octanol–water partition coefficient (Wildman–Crippen LogP) is 4.57. The quantitative estimate of drug-likeness (QED) is 0.780. The van der Waals surface area contributed by atoms with E-state index in [9.17, 15) is 4.79 Å². The van der Waals surface area contributed by atoms with E-state index in [1.807, 2.05) is 48.2 Å². The highest BCUT2D eigenvalue weighted by atomic mass is 35.5. The van der Waals surface area contributed by atoms with Crippen molar-refractivity contribution in [1.82, 2.24) is 4.90 Å². The summed E-state index contributed by atoms with van der Waals surface area (Å²) < 4.78 is 0. The van der Waals surface area contributed by atoms with Crippen molar-refractivity contribution in [2.24, 2.45) is 0 Å². The molecule has 1 heterocycles. The van der Waals surface area contributed by atoms with Gasteiger partial charge in [0.25, 0.3) is 5.91 Å². The molecule has 0 spiro atoms. The van der Waals surface area contributed by atoms with Gasteiger partial charge in [-0.2, -0.15) is 0 Å². The SMILES string of the molecule is Cc1ccc(C(=O)N2CCN(c3cc(Cl)ccc3C)CC2)c(Cl)c1. The van der Waals surface area contributed by atoms with Gasteiger partial charge in [0, 0.05) is 36.9 Å². The zero-order chi connectivity index (χ0) is 17.3. The van der Waals surface area contributed by atoms with Gasteiger partial charge in [0.2, 0.25) is 0 Å². The van der Waals surface area contributed by atoms with Crippen LogP contribution in [0.3, 0.4) is 0 Å². The molecule has 24 heavy (non-hydrogen) atoms. The fraction of sp³-hybridized carbons (Fsp3) is 0.316. The molecule has 126 valence electrons. The first-order chi connectivity index (χ1) is 11.5. The molecule has 5 heteroatoms. The maximum absolute atomic E-state index is 12.7. The van der Waals surface area contributed by atoms with Crippen molar-refractivity contribution in [3.8, 4) is 0 Å². The fourth-order valence-corrected chi connectivity index (χ4v) is 3.52. The number of halogens is 2. The van der Waals surface area contributed by atoms with E-state index in [-0.39, 0.29) is 5.91 Å². The average Bonchev–Trinajstić information content (AvgIpc) is 2.57. The van der Waals surface area contributed by atoms with Crippen molar-refractivity contribution in [3.05, 3.63) is 63.1 Å². The maximum Gasteiger partial charge on any atom is 0.255 e. The molecule has 0 saturated carbocycles. The van der Waals surface area contributed by atoms with Crippen LogP contribution in [0, 0.1) is 13.8 Å². The number of rotatable bonds is 2. The number of benzene rings is 2. The molecule has 2 aromatic carbocycles. The summed E-state index contributed by atoms with van der Waals surface area (Å²) in [6.07, 6.45) is 0. The molecule has 1 amide bonds. The third kappa shape index (κ3) is 3.52. The van der Waals surface area contributed by atoms with E-state index in [1.165, 1.54) is 5.56 Å². The van der Waals surface area contributed by atoms with E-state index in [2.05, 4.69) is 11.8 Å². The van der Waals surface area contributed by atoms with Crippen LogP contribution < -0.4 is 4.90 Å². The molecule has 1 aliphatic rings. The van der Waals surface area contributed by atoms with Gasteiger partial charge in [-0.1, -0.05) is 35.3 Å². The molecule has 0 unspecified atom stereocenters. The number of piperazine rings is 1. The van der Waals surface area contributed by atoms with Crippen molar-refractivity contribution in [2.75, 3.05) is 31.1 Å². The van der Waals surface area contributed by atoms with Gasteiger partial charge in [0.15, 0.2) is 0 Å². The number of amides is 1. The van der Waals surface area contributed by atoms with Crippen LogP contribution in [0.15, 0.2) is 36.4 Å². The number of nitrogens with zero attached hydrogens (tertiary/aromatic N) is 2. The fourth-order valence-electron chi connectivity index (χ4n) is 3.04. The van der Waals surface area contributed by atoms with Crippen LogP contribution in [0.4, 0.5) is 5.69 Å². The summed E-state index contributed by atoms with van der Waals surface area (Å²) in [5.41, 5.74) is 3.97. The first-order valence-corrected chi connectivity index (χ1v) is 8.78. The summed E-state index contributed by atoms with van der Waals surface area (Å²) in [6, 6.07) is 11.5. The molecule has 2 aromatic rings. The van der Waals surface area contributed by atoms with Gasteiger partial charge in [0.1, 0.15) is 0 Å². The Morgan fingerprint density at radius 3 is 2.33 bits per heavy atom. The van der Waals surface area contributed by atoms with Crippen molar-refractivity contribution in [3.63, 3.8) is 0 Å². The predicted molar refractivity (Wildman–Crippen MR) is 100 cm³/mol. The zero-order valence-corrected chi connectivity index (χ0v) is 15.4. The van der Waals surface area contributed by atoms with Crippen LogP contribution in [0.1, 0.15) is 21.5 Å². The summed E-state index contributed by atoms with van der Waals surface area (Å²) in [4.78, 5) is 16.8. The number of aryl methyl sites for hydroxylation is 2. The first-order valence-electron chi connectivity index (χ1n) is 8.02. The standard InChI is InChI=1S/C19H20Cl2N2O/c1-13-3-6-16(17(21)11-13)19(24)23-9-7-22(8-10-23)18-12-15(20)5-4-14(18)2/h3-6,11-12H,7-10H2,1-2H3. The van der Waals surface area contributed by atoms with E-state index < -0.39 is 0 Å². The lowest BCUT2D eigenvalue weighted by Gasteiger charge is -2.37. The molecule has 3 rings (SSSR count). The van der Waals surface area contributed by atoms with Gasteiger partial charge in [-0.05, 0) is 49.2 Å². The van der Waals surface area contributed by atoms with Crippen LogP contribution in [-0.2, 0) is 0 Å².